The van der Waals surface area contributed by atoms with Gasteiger partial charge in [-0.05, 0) is 42.7 Å². The number of halogens is 2. The fourth-order valence-corrected chi connectivity index (χ4v) is 3.53. The maximum atomic E-state index is 6.56. The Hall–Kier alpha value is -1.84. The van der Waals surface area contributed by atoms with Crippen LogP contribution in [0.15, 0.2) is 42.5 Å². The molecule has 1 heterocycles. The lowest BCUT2D eigenvalue weighted by molar-refractivity contribution is 0.667. The van der Waals surface area contributed by atoms with Crippen LogP contribution in [0.3, 0.4) is 0 Å². The summed E-state index contributed by atoms with van der Waals surface area (Å²) in [6.45, 7) is 2.23. The maximum absolute atomic E-state index is 6.56. The lowest BCUT2D eigenvalue weighted by Crippen LogP contribution is -1.96. The van der Waals surface area contributed by atoms with Crippen molar-refractivity contribution >= 4 is 23.2 Å². The van der Waals surface area contributed by atoms with Gasteiger partial charge in [0.2, 0.25) is 0 Å². The van der Waals surface area contributed by atoms with Gasteiger partial charge in [0.25, 0.3) is 0 Å². The molecule has 0 fully saturated rings. The molecule has 0 amide bonds. The number of benzene rings is 2. The van der Waals surface area contributed by atoms with E-state index in [1.54, 1.807) is 4.68 Å². The van der Waals surface area contributed by atoms with Gasteiger partial charge in [-0.25, -0.2) is 9.67 Å². The number of aryl methyl sites for hydroxylation is 2. The van der Waals surface area contributed by atoms with Gasteiger partial charge in [0.15, 0.2) is 11.6 Å². The molecule has 26 heavy (non-hydrogen) atoms. The summed E-state index contributed by atoms with van der Waals surface area (Å²) in [4.78, 5) is 4.67. The first-order valence-corrected chi connectivity index (χ1v) is 9.80. The van der Waals surface area contributed by atoms with Gasteiger partial charge in [0, 0.05) is 18.2 Å². The Bertz CT molecular complexity index is 887. The predicted octanol–water partition coefficient (Wildman–Crippen LogP) is 6.58. The van der Waals surface area contributed by atoms with E-state index in [4.69, 9.17) is 23.2 Å². The minimum Gasteiger partial charge on any atom is -0.248 e. The van der Waals surface area contributed by atoms with Gasteiger partial charge in [-0.2, -0.15) is 5.10 Å². The minimum atomic E-state index is 0.604. The average Bonchev–Trinajstić information content (AvgIpc) is 3.00. The lowest BCUT2D eigenvalue weighted by atomic mass is 10.0. The molecule has 2 aromatic carbocycles. The highest BCUT2D eigenvalue weighted by molar-refractivity contribution is 6.33. The molecule has 0 aliphatic rings. The number of rotatable bonds is 7. The van der Waals surface area contributed by atoms with Crippen molar-refractivity contribution in [3.05, 3.63) is 58.1 Å². The number of unbranched alkanes of at least 4 members (excludes halogenated alkanes) is 3. The summed E-state index contributed by atoms with van der Waals surface area (Å²) in [7, 11) is 1.87. The first kappa shape index (κ1) is 18.9. The summed E-state index contributed by atoms with van der Waals surface area (Å²) in [5.41, 5.74) is 2.97. The predicted molar refractivity (Wildman–Crippen MR) is 110 cm³/mol. The van der Waals surface area contributed by atoms with Gasteiger partial charge < -0.3 is 0 Å². The van der Waals surface area contributed by atoms with E-state index in [-0.39, 0.29) is 0 Å². The van der Waals surface area contributed by atoms with Crippen LogP contribution in [-0.4, -0.2) is 14.8 Å². The van der Waals surface area contributed by atoms with E-state index in [9.17, 15) is 0 Å². The Morgan fingerprint density at radius 1 is 0.923 bits per heavy atom. The zero-order valence-corrected chi connectivity index (χ0v) is 16.7. The Balaban J connectivity index is 1.84. The summed E-state index contributed by atoms with van der Waals surface area (Å²) < 4.78 is 1.75. The molecule has 136 valence electrons. The van der Waals surface area contributed by atoms with Gasteiger partial charge in [-0.3, -0.25) is 0 Å². The number of hydrogen-bond acceptors (Lipinski definition) is 2. The highest BCUT2D eigenvalue weighted by Crippen LogP contribution is 2.31. The molecule has 3 nitrogen and oxygen atoms in total. The average molecular weight is 388 g/mol. The van der Waals surface area contributed by atoms with Crippen LogP contribution in [0.25, 0.3) is 22.8 Å². The third-order valence-electron chi connectivity index (χ3n) is 4.47. The van der Waals surface area contributed by atoms with E-state index < -0.39 is 0 Å². The van der Waals surface area contributed by atoms with Crippen molar-refractivity contribution in [3.63, 3.8) is 0 Å². The molecule has 0 unspecified atom stereocenters. The van der Waals surface area contributed by atoms with E-state index in [0.717, 1.165) is 23.4 Å². The van der Waals surface area contributed by atoms with Crippen LogP contribution >= 0.6 is 23.2 Å². The highest BCUT2D eigenvalue weighted by atomic mass is 35.5. The van der Waals surface area contributed by atoms with Crippen molar-refractivity contribution in [1.82, 2.24) is 14.8 Å². The monoisotopic (exact) mass is 387 g/mol. The quantitative estimate of drug-likeness (QED) is 0.428. The van der Waals surface area contributed by atoms with Crippen molar-refractivity contribution in [1.29, 1.82) is 0 Å². The molecule has 0 saturated heterocycles. The van der Waals surface area contributed by atoms with E-state index in [1.165, 1.54) is 31.2 Å². The van der Waals surface area contributed by atoms with Gasteiger partial charge in [0.1, 0.15) is 0 Å². The summed E-state index contributed by atoms with van der Waals surface area (Å²) in [6.07, 6.45) is 6.06. The molecule has 0 atom stereocenters. The van der Waals surface area contributed by atoms with E-state index in [0.29, 0.717) is 15.9 Å². The Morgan fingerprint density at radius 2 is 1.73 bits per heavy atom. The zero-order chi connectivity index (χ0) is 18.5. The van der Waals surface area contributed by atoms with Gasteiger partial charge in [-0.1, -0.05) is 67.6 Å². The molecule has 5 heteroatoms. The minimum absolute atomic E-state index is 0.604. The number of hydrogen-bond donors (Lipinski definition) is 0. The molecule has 0 spiro atoms. The summed E-state index contributed by atoms with van der Waals surface area (Å²) in [6, 6.07) is 13.8. The molecule has 0 bridgehead atoms. The molecule has 0 aliphatic carbocycles. The lowest BCUT2D eigenvalue weighted by Gasteiger charge is -2.07. The van der Waals surface area contributed by atoms with Crippen LogP contribution < -0.4 is 0 Å². The first-order valence-electron chi connectivity index (χ1n) is 9.05. The summed E-state index contributed by atoms with van der Waals surface area (Å²) >= 11 is 12.8. The standard InChI is InChI=1S/C21H23Cl2N3/c1-3-4-5-6-9-15-12-13-17(19(23)14-15)21-24-20(25-26(21)2)16-10-7-8-11-18(16)22/h7-8,10-14H,3-6,9H2,1-2H3. The molecule has 0 saturated carbocycles. The molecule has 3 aromatic rings. The van der Waals surface area contributed by atoms with Gasteiger partial charge >= 0.3 is 0 Å². The van der Waals surface area contributed by atoms with E-state index >= 15 is 0 Å². The van der Waals surface area contributed by atoms with Gasteiger partial charge in [0.05, 0.1) is 10.0 Å². The van der Waals surface area contributed by atoms with Crippen molar-refractivity contribution in [2.75, 3.05) is 0 Å². The van der Waals surface area contributed by atoms with Crippen molar-refractivity contribution in [2.45, 2.75) is 39.0 Å². The van der Waals surface area contributed by atoms with Crippen LogP contribution in [0.2, 0.25) is 10.0 Å². The Labute approximate surface area is 165 Å². The smallest absolute Gasteiger partial charge is 0.183 e. The maximum Gasteiger partial charge on any atom is 0.183 e. The second-order valence-corrected chi connectivity index (χ2v) is 7.30. The Kier molecular flexibility index (Phi) is 6.33. The van der Waals surface area contributed by atoms with Gasteiger partial charge in [-0.15, -0.1) is 0 Å². The Morgan fingerprint density at radius 3 is 2.46 bits per heavy atom. The molecular formula is C21H23Cl2N3. The highest BCUT2D eigenvalue weighted by Gasteiger charge is 2.15. The van der Waals surface area contributed by atoms with Crippen molar-refractivity contribution < 1.29 is 0 Å². The molecule has 0 radical (unpaired) electrons. The number of aromatic nitrogens is 3. The normalized spacial score (nSPS) is 11.1. The fraction of sp³-hybridized carbons (Fsp3) is 0.333. The van der Waals surface area contributed by atoms with Crippen LogP contribution in [0.5, 0.6) is 0 Å². The topological polar surface area (TPSA) is 30.7 Å². The molecule has 1 aromatic heterocycles. The van der Waals surface area contributed by atoms with E-state index in [2.05, 4.69) is 23.1 Å². The van der Waals surface area contributed by atoms with E-state index in [1.807, 2.05) is 43.4 Å². The van der Waals surface area contributed by atoms with Crippen molar-refractivity contribution in [2.24, 2.45) is 7.05 Å². The molecule has 0 aliphatic heterocycles. The zero-order valence-electron chi connectivity index (χ0n) is 15.2. The summed E-state index contributed by atoms with van der Waals surface area (Å²) in [5, 5.41) is 5.86. The number of nitrogens with zero attached hydrogens (tertiary/aromatic N) is 3. The SMILES string of the molecule is CCCCCCc1ccc(-c2nc(-c3ccccc3Cl)nn2C)c(Cl)c1. The first-order chi connectivity index (χ1) is 12.6. The second kappa shape index (κ2) is 8.70. The largest absolute Gasteiger partial charge is 0.248 e. The molecule has 0 N–H and O–H groups in total. The van der Waals surface area contributed by atoms with Crippen LogP contribution in [-0.2, 0) is 13.5 Å². The third-order valence-corrected chi connectivity index (χ3v) is 5.11. The fourth-order valence-electron chi connectivity index (χ4n) is 3.03. The summed E-state index contributed by atoms with van der Waals surface area (Å²) in [5.74, 6) is 1.34. The molecular weight excluding hydrogens is 365 g/mol. The van der Waals surface area contributed by atoms with Crippen LogP contribution in [0.1, 0.15) is 38.2 Å². The second-order valence-electron chi connectivity index (χ2n) is 6.49. The third kappa shape index (κ3) is 4.28. The van der Waals surface area contributed by atoms with Crippen molar-refractivity contribution in [3.8, 4) is 22.8 Å². The molecule has 3 rings (SSSR count). The van der Waals surface area contributed by atoms with Crippen LogP contribution in [0, 0.1) is 0 Å². The van der Waals surface area contributed by atoms with Crippen LogP contribution in [0.4, 0.5) is 0 Å².